The second-order valence-electron chi connectivity index (χ2n) is 29.3. The quantitative estimate of drug-likeness (QED) is 0.0681. The molecule has 31 heteroatoms. The zero-order chi connectivity index (χ0) is 66.8. The van der Waals surface area contributed by atoms with Crippen LogP contribution >= 0.6 is 0 Å². The number of carbonyl (C=O) groups is 1. The van der Waals surface area contributed by atoms with Crippen molar-refractivity contribution in [3.8, 4) is 0 Å². The van der Waals surface area contributed by atoms with Crippen LogP contribution < -0.4 is 0 Å². The van der Waals surface area contributed by atoms with Crippen molar-refractivity contribution in [3.05, 3.63) is 0 Å². The average Bonchev–Trinajstić information content (AvgIpc) is 1.55. The molecule has 8 saturated heterocycles. The molecule has 8 heterocycles. The van der Waals surface area contributed by atoms with Crippen LogP contribution in [0.3, 0.4) is 0 Å². The third-order valence-electron chi connectivity index (χ3n) is 24.0. The fourth-order valence-corrected chi connectivity index (χ4v) is 18.4. The monoisotopic (exact) mass is 1340 g/mol. The van der Waals surface area contributed by atoms with E-state index in [4.69, 9.17) is 66.3 Å². The van der Waals surface area contributed by atoms with Crippen LogP contribution in [0.15, 0.2) is 0 Å². The van der Waals surface area contributed by atoms with Gasteiger partial charge in [0.15, 0.2) is 43.5 Å². The summed E-state index contributed by atoms with van der Waals surface area (Å²) in [5.74, 6) is 1.22. The maximum absolute atomic E-state index is 14.8. The van der Waals surface area contributed by atoms with E-state index in [1.54, 1.807) is 0 Å². The molecule has 41 unspecified atom stereocenters. The molecule has 41 atom stereocenters. The molecule has 534 valence electrons. The van der Waals surface area contributed by atoms with Gasteiger partial charge in [-0.15, -0.1) is 0 Å². The molecule has 93 heavy (non-hydrogen) atoms. The Kier molecular flexibility index (Phi) is 21.3. The van der Waals surface area contributed by atoms with E-state index in [0.29, 0.717) is 43.5 Å². The van der Waals surface area contributed by atoms with Crippen molar-refractivity contribution in [2.75, 3.05) is 33.0 Å². The van der Waals surface area contributed by atoms with Crippen molar-refractivity contribution in [1.82, 2.24) is 0 Å². The summed E-state index contributed by atoms with van der Waals surface area (Å²) in [5.41, 5.74) is -0.674. The molecule has 0 aromatic carbocycles. The molecule has 0 bridgehead atoms. The maximum Gasteiger partial charge on any atom is 0.187 e. The lowest BCUT2D eigenvalue weighted by molar-refractivity contribution is -0.410. The van der Waals surface area contributed by atoms with Crippen LogP contribution in [0.5, 0.6) is 0 Å². The zero-order valence-corrected chi connectivity index (χ0v) is 53.1. The van der Waals surface area contributed by atoms with Crippen molar-refractivity contribution in [3.63, 3.8) is 0 Å². The van der Waals surface area contributed by atoms with E-state index >= 15 is 0 Å². The lowest BCUT2D eigenvalue weighted by atomic mass is 9.44. The molecular formula is C62H100O31. The van der Waals surface area contributed by atoms with Crippen molar-refractivity contribution >= 4 is 5.78 Å². The number of aliphatic hydroxyl groups is 16. The number of ether oxygens (including phenoxy) is 14. The van der Waals surface area contributed by atoms with Gasteiger partial charge in [-0.1, -0.05) is 27.7 Å². The van der Waals surface area contributed by atoms with Gasteiger partial charge in [0.05, 0.1) is 57.5 Å². The fourth-order valence-electron chi connectivity index (χ4n) is 18.4. The molecule has 0 aromatic heterocycles. The number of hydrogen-bond donors (Lipinski definition) is 16. The minimum Gasteiger partial charge on any atom is -0.394 e. The third-order valence-corrected chi connectivity index (χ3v) is 24.0. The van der Waals surface area contributed by atoms with Crippen LogP contribution in [0.2, 0.25) is 0 Å². The number of ketones is 1. The third kappa shape index (κ3) is 12.6. The molecule has 12 aliphatic rings. The van der Waals surface area contributed by atoms with Crippen LogP contribution in [0, 0.1) is 52.3 Å². The standard InChI is InChI=1S/C62H100O31/c1-21-9-12-62(81-19-21)22(2)36-31(93-62)14-29-27-8-7-25-13-26(10-11-60(25,5)28(27)15-35(67)61(29,36)6)84-56-46(77)42(73)49(33(17-64)86-56)88-57-47(78)43(74)50(34(18-65)87-57)89-59-53(52(40(71)32(16-63)85-59)91-54-44(75)39(70)30(66)20-80-54)92-58-48(79)51(38(69)24(4)83-58)90-55-45(76)41(72)37(68)23(3)82-55/h21-34,36-59,63-66,68-79H,7-20H2,1-6H3. The summed E-state index contributed by atoms with van der Waals surface area (Å²) in [4.78, 5) is 14.8. The highest BCUT2D eigenvalue weighted by Crippen LogP contribution is 2.70. The normalized spacial score (nSPS) is 57.5. The lowest BCUT2D eigenvalue weighted by Gasteiger charge is -2.60. The van der Waals surface area contributed by atoms with Gasteiger partial charge >= 0.3 is 0 Å². The van der Waals surface area contributed by atoms with Crippen LogP contribution in [0.1, 0.15) is 99.3 Å². The Hall–Kier alpha value is -1.53. The summed E-state index contributed by atoms with van der Waals surface area (Å²) in [7, 11) is 0. The van der Waals surface area contributed by atoms with Gasteiger partial charge in [-0.25, -0.2) is 0 Å². The fraction of sp³-hybridized carbons (Fsp3) is 0.984. The summed E-state index contributed by atoms with van der Waals surface area (Å²) in [5, 5.41) is 177. The molecule has 12 rings (SSSR count). The smallest absolute Gasteiger partial charge is 0.187 e. The number of fused-ring (bicyclic) bond motifs is 7. The molecule has 0 radical (unpaired) electrons. The summed E-state index contributed by atoms with van der Waals surface area (Å²) < 4.78 is 85.2. The molecule has 4 saturated carbocycles. The summed E-state index contributed by atoms with van der Waals surface area (Å²) in [6, 6.07) is 0. The number of carbonyl (C=O) groups excluding carboxylic acids is 1. The highest BCUT2D eigenvalue weighted by Gasteiger charge is 2.72. The van der Waals surface area contributed by atoms with E-state index in [0.717, 1.165) is 38.5 Å². The molecule has 4 aliphatic carbocycles. The number of aliphatic hydroxyl groups excluding tert-OH is 16. The minimum atomic E-state index is -2.16. The molecular weight excluding hydrogens is 1240 g/mol. The van der Waals surface area contributed by atoms with E-state index in [9.17, 15) is 86.5 Å². The Bertz CT molecular complexity index is 2520. The van der Waals surface area contributed by atoms with Gasteiger partial charge in [0.1, 0.15) is 134 Å². The topological polar surface area (TPSA) is 470 Å². The number of rotatable bonds is 15. The van der Waals surface area contributed by atoms with E-state index in [2.05, 4.69) is 27.7 Å². The Labute approximate surface area is 537 Å². The molecule has 31 nitrogen and oxygen atoms in total. The maximum atomic E-state index is 14.8. The van der Waals surface area contributed by atoms with Crippen LogP contribution in [0.4, 0.5) is 0 Å². The minimum absolute atomic E-state index is 0.0317. The highest BCUT2D eigenvalue weighted by atomic mass is 16.8. The molecule has 16 N–H and O–H groups in total. The van der Waals surface area contributed by atoms with Crippen LogP contribution in [0.25, 0.3) is 0 Å². The number of Topliss-reactive ketones (excluding diaryl/α,β-unsaturated/α-hetero) is 1. The van der Waals surface area contributed by atoms with Crippen LogP contribution in [-0.2, 0) is 71.1 Å². The Morgan fingerprint density at radius 3 is 1.66 bits per heavy atom. The molecule has 0 amide bonds. The van der Waals surface area contributed by atoms with Gasteiger partial charge in [-0.3, -0.25) is 4.79 Å². The van der Waals surface area contributed by atoms with Crippen molar-refractivity contribution in [1.29, 1.82) is 0 Å². The summed E-state index contributed by atoms with van der Waals surface area (Å²) in [6.45, 7) is 8.85. The van der Waals surface area contributed by atoms with E-state index in [-0.39, 0.29) is 41.1 Å². The van der Waals surface area contributed by atoms with Crippen molar-refractivity contribution < 1.29 is 153 Å². The molecule has 0 aromatic rings. The highest BCUT2D eigenvalue weighted by molar-refractivity contribution is 5.87. The van der Waals surface area contributed by atoms with Gasteiger partial charge in [0.2, 0.25) is 0 Å². The second-order valence-corrected chi connectivity index (χ2v) is 29.3. The molecule has 12 fully saturated rings. The molecule has 1 spiro atoms. The van der Waals surface area contributed by atoms with Gasteiger partial charge in [0, 0.05) is 30.1 Å². The van der Waals surface area contributed by atoms with Gasteiger partial charge in [0.25, 0.3) is 0 Å². The zero-order valence-electron chi connectivity index (χ0n) is 53.1. The summed E-state index contributed by atoms with van der Waals surface area (Å²) in [6.07, 6.45) is -45.7. The first-order chi connectivity index (χ1) is 44.1. The first-order valence-electron chi connectivity index (χ1n) is 33.4. The Balaban J connectivity index is 0.706. The average molecular weight is 1340 g/mol. The first-order valence-corrected chi connectivity index (χ1v) is 33.4. The van der Waals surface area contributed by atoms with Gasteiger partial charge in [-0.2, -0.15) is 0 Å². The van der Waals surface area contributed by atoms with E-state index in [1.165, 1.54) is 13.8 Å². The number of hydrogen-bond acceptors (Lipinski definition) is 31. The summed E-state index contributed by atoms with van der Waals surface area (Å²) >= 11 is 0. The predicted octanol–water partition coefficient (Wildman–Crippen LogP) is -5.39. The Morgan fingerprint density at radius 1 is 0.473 bits per heavy atom. The van der Waals surface area contributed by atoms with Crippen molar-refractivity contribution in [2.45, 2.75) is 295 Å². The SMILES string of the molecule is CC1CCC2(OC1)OC1CC3C4CCC5CC(OC6OC(CO)C(OC7OC(CO)C(OC8OC(CO)C(O)C(OC9OCC(O)C(O)C9O)C8OC8OC(C)C(O)C(OC9OC(C)C(O)C(O)C9O)C8O)C(O)C7O)C(O)C6O)CCC5(C)C4CC(=O)C3(C)C1C2C. The van der Waals surface area contributed by atoms with Gasteiger partial charge in [-0.05, 0) is 93.8 Å². The molecule has 8 aliphatic heterocycles. The van der Waals surface area contributed by atoms with Gasteiger partial charge < -0.3 is 148 Å². The lowest BCUT2D eigenvalue weighted by Crippen LogP contribution is -2.69. The predicted molar refractivity (Wildman–Crippen MR) is 305 cm³/mol. The van der Waals surface area contributed by atoms with E-state index < -0.39 is 222 Å². The second kappa shape index (κ2) is 27.8. The van der Waals surface area contributed by atoms with Crippen molar-refractivity contribution in [2.24, 2.45) is 52.3 Å². The first kappa shape index (κ1) is 71.3. The largest absolute Gasteiger partial charge is 0.394 e. The van der Waals surface area contributed by atoms with Crippen LogP contribution in [-0.4, -0.2) is 317 Å². The van der Waals surface area contributed by atoms with E-state index in [1.807, 2.05) is 0 Å². The Morgan fingerprint density at radius 2 is 1.02 bits per heavy atom.